The van der Waals surface area contributed by atoms with Crippen LogP contribution < -0.4 is 5.32 Å². The van der Waals surface area contributed by atoms with Crippen LogP contribution in [-0.4, -0.2) is 23.7 Å². The molecular weight excluding hydrogens is 277 g/mol. The van der Waals surface area contributed by atoms with E-state index in [0.29, 0.717) is 25.8 Å². The van der Waals surface area contributed by atoms with E-state index in [-0.39, 0.29) is 18.4 Å². The van der Waals surface area contributed by atoms with Crippen molar-refractivity contribution >= 4 is 0 Å². The van der Waals surface area contributed by atoms with Crippen LogP contribution in [0, 0.1) is 11.8 Å². The van der Waals surface area contributed by atoms with E-state index in [9.17, 15) is 13.2 Å². The normalized spacial score (nSPS) is 24.8. The van der Waals surface area contributed by atoms with Crippen LogP contribution in [0.1, 0.15) is 38.2 Å². The third-order valence-electron chi connectivity index (χ3n) is 4.40. The summed E-state index contributed by atoms with van der Waals surface area (Å²) in [7, 11) is 0. The fraction of sp³-hybridized carbons (Fsp3) is 0.688. The van der Waals surface area contributed by atoms with Crippen molar-refractivity contribution in [3.63, 3.8) is 0 Å². The Balaban J connectivity index is 2.15. The summed E-state index contributed by atoms with van der Waals surface area (Å²) in [6.45, 7) is 2.63. The molecule has 1 aliphatic rings. The second-order valence-corrected chi connectivity index (χ2v) is 5.83. The highest BCUT2D eigenvalue weighted by molar-refractivity contribution is 5.11. The Morgan fingerprint density at radius 3 is 2.71 bits per heavy atom. The molecule has 0 spiro atoms. The zero-order valence-corrected chi connectivity index (χ0v) is 12.4. The van der Waals surface area contributed by atoms with Gasteiger partial charge in [0, 0.05) is 18.4 Å². The van der Waals surface area contributed by atoms with E-state index in [0.717, 1.165) is 12.0 Å². The molecule has 0 saturated heterocycles. The highest BCUT2D eigenvalue weighted by Crippen LogP contribution is 2.43. The van der Waals surface area contributed by atoms with E-state index in [1.54, 1.807) is 12.4 Å². The first-order valence-electron chi connectivity index (χ1n) is 7.71. The molecule has 0 amide bonds. The summed E-state index contributed by atoms with van der Waals surface area (Å²) in [6, 6.07) is 3.63. The van der Waals surface area contributed by atoms with Gasteiger partial charge in [0.15, 0.2) is 0 Å². The first-order valence-corrected chi connectivity index (χ1v) is 7.71. The third-order valence-corrected chi connectivity index (χ3v) is 4.40. The van der Waals surface area contributed by atoms with Crippen LogP contribution in [0.25, 0.3) is 0 Å². The Hall–Kier alpha value is -1.10. The van der Waals surface area contributed by atoms with Crippen LogP contribution in [0.15, 0.2) is 24.5 Å². The molecule has 2 nitrogen and oxygen atoms in total. The summed E-state index contributed by atoms with van der Waals surface area (Å²) in [4.78, 5) is 4.06. The van der Waals surface area contributed by atoms with Crippen LogP contribution in [0.4, 0.5) is 13.2 Å². The number of alkyl halides is 3. The highest BCUT2D eigenvalue weighted by atomic mass is 19.4. The number of hydrogen-bond donors (Lipinski definition) is 1. The minimum absolute atomic E-state index is 0.133. The number of aromatic nitrogens is 1. The minimum Gasteiger partial charge on any atom is -0.314 e. The predicted octanol–water partition coefficient (Wildman–Crippen LogP) is 3.97. The second-order valence-electron chi connectivity index (χ2n) is 5.83. The predicted molar refractivity (Wildman–Crippen MR) is 76.9 cm³/mol. The molecule has 1 heterocycles. The number of likely N-dealkylation sites (N-methyl/N-ethyl adjacent to an activating group) is 1. The van der Waals surface area contributed by atoms with Gasteiger partial charge in [-0.2, -0.15) is 13.2 Å². The zero-order chi connectivity index (χ0) is 15.3. The van der Waals surface area contributed by atoms with E-state index in [1.165, 1.54) is 0 Å². The van der Waals surface area contributed by atoms with Crippen molar-refractivity contribution in [1.82, 2.24) is 10.3 Å². The molecule has 1 saturated carbocycles. The van der Waals surface area contributed by atoms with Gasteiger partial charge in [0.05, 0.1) is 5.92 Å². The molecule has 0 aliphatic heterocycles. The highest BCUT2D eigenvalue weighted by Gasteiger charge is 2.47. The number of nitrogens with zero attached hydrogens (tertiary/aromatic N) is 1. The first kappa shape index (κ1) is 16.3. The molecule has 1 aromatic heterocycles. The van der Waals surface area contributed by atoms with E-state index in [4.69, 9.17) is 0 Å². The SMILES string of the molecule is CCNC(Cc1cccnc1)C1CCCCC1C(F)(F)F. The largest absolute Gasteiger partial charge is 0.392 e. The lowest BCUT2D eigenvalue weighted by atomic mass is 9.73. The summed E-state index contributed by atoms with van der Waals surface area (Å²) >= 11 is 0. The maximum Gasteiger partial charge on any atom is 0.392 e. The van der Waals surface area contributed by atoms with E-state index in [2.05, 4.69) is 10.3 Å². The molecule has 1 fully saturated rings. The molecule has 2 rings (SSSR count). The summed E-state index contributed by atoms with van der Waals surface area (Å²) < 4.78 is 39.9. The van der Waals surface area contributed by atoms with Crippen molar-refractivity contribution < 1.29 is 13.2 Å². The van der Waals surface area contributed by atoms with Crippen molar-refractivity contribution in [3.05, 3.63) is 30.1 Å². The van der Waals surface area contributed by atoms with Gasteiger partial charge in [0.25, 0.3) is 0 Å². The summed E-state index contributed by atoms with van der Waals surface area (Å²) in [5.41, 5.74) is 0.995. The van der Waals surface area contributed by atoms with Crippen molar-refractivity contribution in [2.75, 3.05) is 6.54 Å². The van der Waals surface area contributed by atoms with E-state index >= 15 is 0 Å². The first-order chi connectivity index (χ1) is 10.0. The Labute approximate surface area is 124 Å². The maximum absolute atomic E-state index is 13.3. The molecule has 1 aromatic rings. The second kappa shape index (κ2) is 7.25. The number of nitrogens with one attached hydrogen (secondary N) is 1. The van der Waals surface area contributed by atoms with Gasteiger partial charge in [-0.3, -0.25) is 4.98 Å². The van der Waals surface area contributed by atoms with E-state index in [1.807, 2.05) is 19.1 Å². The molecule has 3 unspecified atom stereocenters. The lowest BCUT2D eigenvalue weighted by Gasteiger charge is -2.38. The number of hydrogen-bond acceptors (Lipinski definition) is 2. The van der Waals surface area contributed by atoms with E-state index < -0.39 is 12.1 Å². The van der Waals surface area contributed by atoms with Crippen LogP contribution in [0.3, 0.4) is 0 Å². The van der Waals surface area contributed by atoms with Crippen LogP contribution in [0.2, 0.25) is 0 Å². The van der Waals surface area contributed by atoms with Gasteiger partial charge in [-0.1, -0.05) is 25.8 Å². The molecule has 3 atom stereocenters. The van der Waals surface area contributed by atoms with Gasteiger partial charge in [-0.05, 0) is 43.4 Å². The monoisotopic (exact) mass is 300 g/mol. The van der Waals surface area contributed by atoms with Gasteiger partial charge in [-0.15, -0.1) is 0 Å². The maximum atomic E-state index is 13.3. The smallest absolute Gasteiger partial charge is 0.314 e. The molecule has 1 aliphatic carbocycles. The standard InChI is InChI=1S/C16H23F3N2/c1-2-21-15(10-12-6-5-9-20-11-12)13-7-3-4-8-14(13)16(17,18)19/h5-6,9,11,13-15,21H,2-4,7-8,10H2,1H3. The number of pyridine rings is 1. The fourth-order valence-corrected chi connectivity index (χ4v) is 3.46. The Kier molecular flexibility index (Phi) is 5.62. The zero-order valence-electron chi connectivity index (χ0n) is 12.4. The van der Waals surface area contributed by atoms with Crippen LogP contribution >= 0.6 is 0 Å². The summed E-state index contributed by atoms with van der Waals surface area (Å²) in [5.74, 6) is -1.51. The topological polar surface area (TPSA) is 24.9 Å². The summed E-state index contributed by atoms with van der Waals surface area (Å²) in [6.07, 6.45) is 2.46. The van der Waals surface area contributed by atoms with Crippen molar-refractivity contribution in [3.8, 4) is 0 Å². The molecular formula is C16H23F3N2. The lowest BCUT2D eigenvalue weighted by Crippen LogP contribution is -2.46. The molecule has 118 valence electrons. The molecule has 0 bridgehead atoms. The van der Waals surface area contributed by atoms with Crippen molar-refractivity contribution in [2.45, 2.75) is 51.2 Å². The molecule has 21 heavy (non-hydrogen) atoms. The molecule has 1 N–H and O–H groups in total. The van der Waals surface area contributed by atoms with Crippen molar-refractivity contribution in [1.29, 1.82) is 0 Å². The quantitative estimate of drug-likeness (QED) is 0.890. The van der Waals surface area contributed by atoms with Gasteiger partial charge in [0.2, 0.25) is 0 Å². The lowest BCUT2D eigenvalue weighted by molar-refractivity contribution is -0.199. The molecule has 5 heteroatoms. The number of halogens is 3. The third kappa shape index (κ3) is 4.43. The Morgan fingerprint density at radius 2 is 2.10 bits per heavy atom. The average Bonchev–Trinajstić information content (AvgIpc) is 2.47. The van der Waals surface area contributed by atoms with Gasteiger partial charge < -0.3 is 5.32 Å². The van der Waals surface area contributed by atoms with Crippen LogP contribution in [0.5, 0.6) is 0 Å². The summed E-state index contributed by atoms with van der Waals surface area (Å²) in [5, 5.41) is 3.28. The fourth-order valence-electron chi connectivity index (χ4n) is 3.46. The Morgan fingerprint density at radius 1 is 1.33 bits per heavy atom. The molecule has 0 aromatic carbocycles. The minimum atomic E-state index is -4.09. The van der Waals surface area contributed by atoms with Gasteiger partial charge in [0.1, 0.15) is 0 Å². The van der Waals surface area contributed by atoms with Crippen molar-refractivity contribution in [2.24, 2.45) is 11.8 Å². The van der Waals surface area contributed by atoms with Crippen LogP contribution in [-0.2, 0) is 6.42 Å². The number of rotatable bonds is 5. The average molecular weight is 300 g/mol. The van der Waals surface area contributed by atoms with Gasteiger partial charge in [-0.25, -0.2) is 0 Å². The Bertz CT molecular complexity index is 419. The molecule has 0 radical (unpaired) electrons. The van der Waals surface area contributed by atoms with Gasteiger partial charge >= 0.3 is 6.18 Å².